The molecular formula is C21H27N3O3. The molecule has 27 heavy (non-hydrogen) atoms. The van der Waals surface area contributed by atoms with Crippen LogP contribution >= 0.6 is 0 Å². The van der Waals surface area contributed by atoms with E-state index in [1.165, 1.54) is 16.3 Å². The first kappa shape index (κ1) is 19.2. The molecule has 1 aliphatic rings. The minimum Gasteiger partial charge on any atom is -0.480 e. The minimum absolute atomic E-state index is 0.0606. The second-order valence-electron chi connectivity index (χ2n) is 7.07. The number of carbonyl (C=O) groups excluding carboxylic acids is 1. The first-order valence-corrected chi connectivity index (χ1v) is 9.53. The molecule has 0 atom stereocenters. The lowest BCUT2D eigenvalue weighted by Crippen LogP contribution is -2.56. The van der Waals surface area contributed by atoms with Crippen molar-refractivity contribution in [1.29, 1.82) is 0 Å². The van der Waals surface area contributed by atoms with E-state index in [4.69, 9.17) is 5.11 Å². The van der Waals surface area contributed by atoms with Crippen LogP contribution in [0.25, 0.3) is 10.8 Å². The van der Waals surface area contributed by atoms with E-state index in [1.54, 1.807) is 0 Å². The van der Waals surface area contributed by atoms with E-state index in [0.717, 1.165) is 19.3 Å². The van der Waals surface area contributed by atoms with Crippen LogP contribution in [0.3, 0.4) is 0 Å². The number of hydrogen-bond acceptors (Lipinski definition) is 3. The molecule has 3 rings (SSSR count). The van der Waals surface area contributed by atoms with E-state index in [2.05, 4.69) is 34.9 Å². The van der Waals surface area contributed by atoms with Crippen LogP contribution < -0.4 is 10.6 Å². The molecule has 1 aliphatic carbocycles. The molecule has 6 heteroatoms. The lowest BCUT2D eigenvalue weighted by Gasteiger charge is -2.42. The van der Waals surface area contributed by atoms with Crippen LogP contribution in [-0.2, 0) is 11.2 Å². The molecule has 0 bridgehead atoms. The summed E-state index contributed by atoms with van der Waals surface area (Å²) in [5.41, 5.74) is 1.23. The maximum atomic E-state index is 12.1. The fourth-order valence-electron chi connectivity index (χ4n) is 3.73. The van der Waals surface area contributed by atoms with Crippen LogP contribution in [0.5, 0.6) is 0 Å². The first-order valence-electron chi connectivity index (χ1n) is 9.53. The van der Waals surface area contributed by atoms with Gasteiger partial charge in [0.25, 0.3) is 0 Å². The van der Waals surface area contributed by atoms with Gasteiger partial charge in [-0.1, -0.05) is 49.4 Å². The average Bonchev–Trinajstić information content (AvgIpc) is 2.63. The van der Waals surface area contributed by atoms with Crippen molar-refractivity contribution in [3.63, 3.8) is 0 Å². The lowest BCUT2D eigenvalue weighted by molar-refractivity contribution is -0.139. The standard InChI is InChI=1S/C21H27N3O3/c1-2-24(14-20(25)26)18-12-17(13-18)23-21(27)22-11-10-16-8-5-7-15-6-3-4-9-19(15)16/h3-9,17-18H,2,10-14H2,1H3,(H,25,26)(H2,22,23,27). The van der Waals surface area contributed by atoms with Crippen LogP contribution in [0, 0.1) is 0 Å². The van der Waals surface area contributed by atoms with Crippen molar-refractivity contribution < 1.29 is 14.7 Å². The van der Waals surface area contributed by atoms with Crippen molar-refractivity contribution in [2.24, 2.45) is 0 Å². The van der Waals surface area contributed by atoms with Crippen LogP contribution in [0.2, 0.25) is 0 Å². The number of hydrogen-bond donors (Lipinski definition) is 3. The molecule has 0 aliphatic heterocycles. The highest BCUT2D eigenvalue weighted by Gasteiger charge is 2.34. The number of benzene rings is 2. The summed E-state index contributed by atoms with van der Waals surface area (Å²) in [5, 5.41) is 17.3. The molecule has 6 nitrogen and oxygen atoms in total. The summed E-state index contributed by atoms with van der Waals surface area (Å²) >= 11 is 0. The molecule has 3 N–H and O–H groups in total. The van der Waals surface area contributed by atoms with Crippen molar-refractivity contribution in [3.05, 3.63) is 48.0 Å². The number of carbonyl (C=O) groups is 2. The third-order valence-corrected chi connectivity index (χ3v) is 5.27. The molecule has 1 fully saturated rings. The predicted octanol–water partition coefficient (Wildman–Crippen LogP) is 2.62. The summed E-state index contributed by atoms with van der Waals surface area (Å²) in [4.78, 5) is 24.9. The number of likely N-dealkylation sites (N-methyl/N-ethyl adjacent to an activating group) is 1. The van der Waals surface area contributed by atoms with E-state index in [9.17, 15) is 9.59 Å². The smallest absolute Gasteiger partial charge is 0.317 e. The maximum absolute atomic E-state index is 12.1. The van der Waals surface area contributed by atoms with Crippen molar-refractivity contribution in [3.8, 4) is 0 Å². The van der Waals surface area contributed by atoms with E-state index in [1.807, 2.05) is 30.0 Å². The van der Waals surface area contributed by atoms with E-state index < -0.39 is 5.97 Å². The third-order valence-electron chi connectivity index (χ3n) is 5.27. The number of fused-ring (bicyclic) bond motifs is 1. The molecule has 0 spiro atoms. The van der Waals surface area contributed by atoms with Crippen LogP contribution in [0.4, 0.5) is 4.79 Å². The van der Waals surface area contributed by atoms with Crippen molar-refractivity contribution in [2.75, 3.05) is 19.6 Å². The molecule has 2 amide bonds. The predicted molar refractivity (Wildman–Crippen MR) is 106 cm³/mol. The molecule has 2 aromatic rings. The lowest BCUT2D eigenvalue weighted by atomic mass is 9.85. The highest BCUT2D eigenvalue weighted by Crippen LogP contribution is 2.25. The number of rotatable bonds is 8. The number of nitrogens with one attached hydrogen (secondary N) is 2. The first-order chi connectivity index (χ1) is 13.1. The van der Waals surface area contributed by atoms with Crippen molar-refractivity contribution in [2.45, 2.75) is 38.3 Å². The molecule has 1 saturated carbocycles. The van der Waals surface area contributed by atoms with Crippen LogP contribution in [0.15, 0.2) is 42.5 Å². The Hall–Kier alpha value is -2.60. The van der Waals surface area contributed by atoms with Gasteiger partial charge in [-0.05, 0) is 42.1 Å². The summed E-state index contributed by atoms with van der Waals surface area (Å²) in [6, 6.07) is 14.7. The Bertz CT molecular complexity index is 797. The highest BCUT2D eigenvalue weighted by atomic mass is 16.4. The van der Waals surface area contributed by atoms with Crippen molar-refractivity contribution in [1.82, 2.24) is 15.5 Å². The number of urea groups is 1. The van der Waals surface area contributed by atoms with Gasteiger partial charge in [-0.25, -0.2) is 4.79 Å². The Balaban J connectivity index is 1.40. The van der Waals surface area contributed by atoms with E-state index in [0.29, 0.717) is 13.1 Å². The zero-order chi connectivity index (χ0) is 19.2. The van der Waals surface area contributed by atoms with Crippen LogP contribution in [0.1, 0.15) is 25.3 Å². The zero-order valence-corrected chi connectivity index (χ0v) is 15.6. The van der Waals surface area contributed by atoms with Gasteiger partial charge in [0, 0.05) is 18.6 Å². The normalized spacial score (nSPS) is 18.9. The van der Waals surface area contributed by atoms with E-state index >= 15 is 0 Å². The van der Waals surface area contributed by atoms with Gasteiger partial charge in [0.1, 0.15) is 0 Å². The number of aliphatic carboxylic acids is 1. The zero-order valence-electron chi connectivity index (χ0n) is 15.6. The minimum atomic E-state index is -0.806. The molecular weight excluding hydrogens is 342 g/mol. The van der Waals surface area contributed by atoms with Crippen LogP contribution in [-0.4, -0.2) is 53.7 Å². The highest BCUT2D eigenvalue weighted by molar-refractivity contribution is 5.85. The third kappa shape index (κ3) is 4.98. The van der Waals surface area contributed by atoms with Gasteiger partial charge in [-0.3, -0.25) is 9.69 Å². The Labute approximate surface area is 159 Å². The monoisotopic (exact) mass is 369 g/mol. The molecule has 144 valence electrons. The van der Waals surface area contributed by atoms with Crippen molar-refractivity contribution >= 4 is 22.8 Å². The van der Waals surface area contributed by atoms with Gasteiger partial charge in [-0.2, -0.15) is 0 Å². The Morgan fingerprint density at radius 1 is 1.15 bits per heavy atom. The summed E-state index contributed by atoms with van der Waals surface area (Å²) in [5.74, 6) is -0.806. The number of carboxylic acids is 1. The fraction of sp³-hybridized carbons (Fsp3) is 0.429. The molecule has 0 aromatic heterocycles. The maximum Gasteiger partial charge on any atom is 0.317 e. The number of carboxylic acid groups (broad SMARTS) is 1. The largest absolute Gasteiger partial charge is 0.480 e. The fourth-order valence-corrected chi connectivity index (χ4v) is 3.73. The quantitative estimate of drug-likeness (QED) is 0.668. The molecule has 0 unspecified atom stereocenters. The SMILES string of the molecule is CCN(CC(=O)O)C1CC(NC(=O)NCCc2cccc3ccccc23)C1. The second-order valence-corrected chi connectivity index (χ2v) is 7.07. The second kappa shape index (κ2) is 8.86. The summed E-state index contributed by atoms with van der Waals surface area (Å²) in [6.45, 7) is 3.31. The van der Waals surface area contributed by atoms with Gasteiger partial charge in [0.2, 0.25) is 0 Å². The van der Waals surface area contributed by atoms with Gasteiger partial charge in [-0.15, -0.1) is 0 Å². The Morgan fingerprint density at radius 2 is 1.89 bits per heavy atom. The average molecular weight is 369 g/mol. The number of nitrogens with zero attached hydrogens (tertiary/aromatic N) is 1. The molecule has 0 heterocycles. The molecule has 0 radical (unpaired) electrons. The molecule has 2 aromatic carbocycles. The number of amides is 2. The van der Waals surface area contributed by atoms with E-state index in [-0.39, 0.29) is 24.7 Å². The topological polar surface area (TPSA) is 81.7 Å². The van der Waals surface area contributed by atoms with Gasteiger partial charge in [0.05, 0.1) is 6.54 Å². The Kier molecular flexibility index (Phi) is 6.29. The van der Waals surface area contributed by atoms with Gasteiger partial charge < -0.3 is 15.7 Å². The Morgan fingerprint density at radius 3 is 2.63 bits per heavy atom. The van der Waals surface area contributed by atoms with Gasteiger partial charge >= 0.3 is 12.0 Å². The summed E-state index contributed by atoms with van der Waals surface area (Å²) in [7, 11) is 0. The summed E-state index contributed by atoms with van der Waals surface area (Å²) < 4.78 is 0. The summed E-state index contributed by atoms with van der Waals surface area (Å²) in [6.07, 6.45) is 2.39. The van der Waals surface area contributed by atoms with Gasteiger partial charge in [0.15, 0.2) is 0 Å². The molecule has 0 saturated heterocycles.